The molecule has 2 heterocycles. The number of Topliss-reactive ketones (excluding diaryl/α,β-unsaturated/α-hetero) is 1. The average Bonchev–Trinajstić information content (AvgIpc) is 3.18. The fraction of sp³-hybridized carbons (Fsp3) is 0.476. The zero-order valence-electron chi connectivity index (χ0n) is 16.3. The average molecular weight is 387 g/mol. The van der Waals surface area contributed by atoms with E-state index >= 15 is 0 Å². The second-order valence-corrected chi connectivity index (χ2v) is 8.97. The molecule has 0 spiro atoms. The number of hydrogen-bond donors (Lipinski definition) is 0. The van der Waals surface area contributed by atoms with Gasteiger partial charge in [0.05, 0.1) is 18.3 Å². The Morgan fingerprint density at radius 1 is 1.15 bits per heavy atom. The van der Waals surface area contributed by atoms with Crippen molar-refractivity contribution in [2.75, 3.05) is 20.2 Å². The Morgan fingerprint density at radius 3 is 2.30 bits per heavy atom. The number of ether oxygens (including phenoxy) is 1. The number of thiazole rings is 1. The van der Waals surface area contributed by atoms with Crippen molar-refractivity contribution in [2.45, 2.75) is 39.0 Å². The first-order chi connectivity index (χ1) is 12.8. The quantitative estimate of drug-likeness (QED) is 0.740. The second-order valence-electron chi connectivity index (χ2n) is 7.94. The van der Waals surface area contributed by atoms with Gasteiger partial charge in [-0.25, -0.2) is 4.98 Å². The highest BCUT2D eigenvalue weighted by Crippen LogP contribution is 2.29. The molecule has 1 aliphatic rings. The number of rotatable bonds is 4. The minimum atomic E-state index is -0.0546. The van der Waals surface area contributed by atoms with E-state index in [0.29, 0.717) is 36.4 Å². The molecule has 0 radical (unpaired) electrons. The summed E-state index contributed by atoms with van der Waals surface area (Å²) in [7, 11) is 1.61. The van der Waals surface area contributed by atoms with E-state index in [0.717, 1.165) is 10.8 Å². The van der Waals surface area contributed by atoms with Crippen molar-refractivity contribution in [3.05, 3.63) is 45.9 Å². The van der Waals surface area contributed by atoms with Crippen LogP contribution in [0.25, 0.3) is 0 Å². The number of methoxy groups -OCH3 is 1. The van der Waals surface area contributed by atoms with Gasteiger partial charge in [-0.15, -0.1) is 11.3 Å². The normalized spacial score (nSPS) is 15.6. The predicted octanol–water partition coefficient (Wildman–Crippen LogP) is 4.18. The van der Waals surface area contributed by atoms with E-state index < -0.39 is 0 Å². The molecule has 1 fully saturated rings. The number of piperidine rings is 1. The van der Waals surface area contributed by atoms with Crippen LogP contribution >= 0.6 is 11.3 Å². The molecule has 1 aliphatic heterocycles. The van der Waals surface area contributed by atoms with Crippen LogP contribution in [0.3, 0.4) is 0 Å². The van der Waals surface area contributed by atoms with Crippen molar-refractivity contribution in [2.24, 2.45) is 5.92 Å². The minimum Gasteiger partial charge on any atom is -0.497 e. The summed E-state index contributed by atoms with van der Waals surface area (Å²) in [6.45, 7) is 7.49. The number of aromatic nitrogens is 1. The largest absolute Gasteiger partial charge is 0.497 e. The van der Waals surface area contributed by atoms with Crippen molar-refractivity contribution in [3.63, 3.8) is 0 Å². The molecule has 27 heavy (non-hydrogen) atoms. The molecule has 2 aromatic rings. The van der Waals surface area contributed by atoms with Crippen LogP contribution in [0.4, 0.5) is 0 Å². The summed E-state index contributed by atoms with van der Waals surface area (Å²) in [5.41, 5.74) is 0.652. The fourth-order valence-corrected chi connectivity index (χ4v) is 4.15. The molecule has 0 atom stereocenters. The number of benzene rings is 1. The maximum Gasteiger partial charge on any atom is 0.265 e. The molecule has 5 nitrogen and oxygen atoms in total. The molecule has 1 aromatic heterocycles. The van der Waals surface area contributed by atoms with Gasteiger partial charge in [0.2, 0.25) is 0 Å². The summed E-state index contributed by atoms with van der Waals surface area (Å²) in [6, 6.07) is 7.24. The number of carbonyl (C=O) groups excluding carboxylic acids is 2. The topological polar surface area (TPSA) is 59.5 Å². The van der Waals surface area contributed by atoms with Crippen LogP contribution in [0, 0.1) is 5.92 Å². The van der Waals surface area contributed by atoms with E-state index in [2.05, 4.69) is 25.8 Å². The molecular weight excluding hydrogens is 360 g/mol. The molecule has 144 valence electrons. The zero-order valence-corrected chi connectivity index (χ0v) is 17.1. The standard InChI is InChI=1S/C21H26N2O3S/c1-21(2,3)20-22-13-17(27-20)19(25)23-11-9-15(10-12-23)18(24)14-5-7-16(26-4)8-6-14/h5-8,13,15H,9-12H2,1-4H3. The summed E-state index contributed by atoms with van der Waals surface area (Å²) in [4.78, 5) is 32.4. The number of likely N-dealkylation sites (tertiary alicyclic amines) is 1. The molecule has 0 saturated carbocycles. The van der Waals surface area contributed by atoms with Crippen molar-refractivity contribution >= 4 is 23.0 Å². The maximum absolute atomic E-state index is 12.8. The molecular formula is C21H26N2O3S. The summed E-state index contributed by atoms with van der Waals surface area (Å²) < 4.78 is 5.14. The van der Waals surface area contributed by atoms with Crippen LogP contribution < -0.4 is 4.74 Å². The first-order valence-electron chi connectivity index (χ1n) is 9.23. The number of carbonyl (C=O) groups is 2. The van der Waals surface area contributed by atoms with Gasteiger partial charge < -0.3 is 9.64 Å². The van der Waals surface area contributed by atoms with Gasteiger partial charge in [-0.05, 0) is 37.1 Å². The van der Waals surface area contributed by atoms with Crippen molar-refractivity contribution in [1.82, 2.24) is 9.88 Å². The molecule has 1 amide bonds. The summed E-state index contributed by atoms with van der Waals surface area (Å²) >= 11 is 1.47. The smallest absolute Gasteiger partial charge is 0.265 e. The Hall–Kier alpha value is -2.21. The highest BCUT2D eigenvalue weighted by Gasteiger charge is 2.30. The fourth-order valence-electron chi connectivity index (χ4n) is 3.21. The lowest BCUT2D eigenvalue weighted by Gasteiger charge is -2.31. The molecule has 0 unspecified atom stereocenters. The number of amides is 1. The summed E-state index contributed by atoms with van der Waals surface area (Å²) in [6.07, 6.45) is 3.07. The first-order valence-corrected chi connectivity index (χ1v) is 10.0. The Morgan fingerprint density at radius 2 is 1.78 bits per heavy atom. The van der Waals surface area contributed by atoms with Crippen LogP contribution in [0.5, 0.6) is 5.75 Å². The Balaban J connectivity index is 1.60. The van der Waals surface area contributed by atoms with Crippen LogP contribution in [0.2, 0.25) is 0 Å². The number of hydrogen-bond acceptors (Lipinski definition) is 5. The summed E-state index contributed by atoms with van der Waals surface area (Å²) in [5, 5.41) is 0.968. The molecule has 1 saturated heterocycles. The first kappa shape index (κ1) is 19.5. The van der Waals surface area contributed by atoms with Crippen molar-refractivity contribution in [3.8, 4) is 5.75 Å². The lowest BCUT2D eigenvalue weighted by Crippen LogP contribution is -2.40. The van der Waals surface area contributed by atoms with Gasteiger partial charge in [-0.1, -0.05) is 20.8 Å². The van der Waals surface area contributed by atoms with E-state index in [4.69, 9.17) is 4.74 Å². The van der Waals surface area contributed by atoms with Crippen molar-refractivity contribution in [1.29, 1.82) is 0 Å². The Kier molecular flexibility index (Phi) is 5.65. The van der Waals surface area contributed by atoms with Crippen LogP contribution in [0.15, 0.2) is 30.5 Å². The van der Waals surface area contributed by atoms with Gasteiger partial charge in [-0.3, -0.25) is 9.59 Å². The van der Waals surface area contributed by atoms with Crippen LogP contribution in [0.1, 0.15) is 58.7 Å². The monoisotopic (exact) mass is 386 g/mol. The molecule has 0 aliphatic carbocycles. The van der Waals surface area contributed by atoms with E-state index in [1.54, 1.807) is 13.3 Å². The molecule has 1 aromatic carbocycles. The van der Waals surface area contributed by atoms with Gasteiger partial charge in [0.15, 0.2) is 5.78 Å². The van der Waals surface area contributed by atoms with Gasteiger partial charge in [0.25, 0.3) is 5.91 Å². The lowest BCUT2D eigenvalue weighted by molar-refractivity contribution is 0.0654. The van der Waals surface area contributed by atoms with E-state index in [9.17, 15) is 9.59 Å². The molecule has 6 heteroatoms. The Labute approximate surface area is 164 Å². The molecule has 0 bridgehead atoms. The summed E-state index contributed by atoms with van der Waals surface area (Å²) in [5.74, 6) is 0.885. The lowest BCUT2D eigenvalue weighted by atomic mass is 9.89. The van der Waals surface area contributed by atoms with E-state index in [-0.39, 0.29) is 23.0 Å². The van der Waals surface area contributed by atoms with E-state index in [1.165, 1.54) is 11.3 Å². The van der Waals surface area contributed by atoms with Crippen molar-refractivity contribution < 1.29 is 14.3 Å². The highest BCUT2D eigenvalue weighted by molar-refractivity contribution is 7.13. The zero-order chi connectivity index (χ0) is 19.6. The van der Waals surface area contributed by atoms with Crippen LogP contribution in [-0.2, 0) is 5.41 Å². The molecule has 0 N–H and O–H groups in total. The number of ketones is 1. The Bertz CT molecular complexity index is 813. The highest BCUT2D eigenvalue weighted by atomic mass is 32.1. The minimum absolute atomic E-state index is 0.0262. The molecule has 3 rings (SSSR count). The third kappa shape index (κ3) is 4.38. The maximum atomic E-state index is 12.8. The van der Waals surface area contributed by atoms with Gasteiger partial charge in [0, 0.05) is 30.0 Å². The van der Waals surface area contributed by atoms with Gasteiger partial charge in [0.1, 0.15) is 10.6 Å². The van der Waals surface area contributed by atoms with Crippen LogP contribution in [-0.4, -0.2) is 41.8 Å². The van der Waals surface area contributed by atoms with Gasteiger partial charge in [-0.2, -0.15) is 0 Å². The SMILES string of the molecule is COc1ccc(C(=O)C2CCN(C(=O)c3cnc(C(C)(C)C)s3)CC2)cc1. The second kappa shape index (κ2) is 7.80. The van der Waals surface area contributed by atoms with E-state index in [1.807, 2.05) is 29.2 Å². The predicted molar refractivity (Wildman–Crippen MR) is 107 cm³/mol. The van der Waals surface area contributed by atoms with Gasteiger partial charge >= 0.3 is 0 Å². The third-order valence-corrected chi connectivity index (χ3v) is 6.30. The third-order valence-electron chi connectivity index (χ3n) is 4.89. The number of nitrogens with zero attached hydrogens (tertiary/aromatic N) is 2.